The number of hydrogen-bond donors (Lipinski definition) is 1. The molecular formula is C24H29N3O3. The predicted octanol–water partition coefficient (Wildman–Crippen LogP) is 2.81. The second-order valence-corrected chi connectivity index (χ2v) is 8.50. The molecule has 1 aromatic carbocycles. The minimum absolute atomic E-state index is 0.145. The Labute approximate surface area is 177 Å². The Hall–Kier alpha value is -2.73. The van der Waals surface area contributed by atoms with Crippen LogP contribution >= 0.6 is 0 Å². The molecule has 2 N–H and O–H groups in total. The number of pyridine rings is 1. The van der Waals surface area contributed by atoms with Gasteiger partial charge in [0, 0.05) is 38.7 Å². The molecule has 30 heavy (non-hydrogen) atoms. The first kappa shape index (κ1) is 20.5. The molecule has 2 aliphatic heterocycles. The number of aromatic nitrogens is 1. The number of likely N-dealkylation sites (tertiary alicyclic amines) is 1. The van der Waals surface area contributed by atoms with E-state index < -0.39 is 5.41 Å². The van der Waals surface area contributed by atoms with Crippen LogP contribution in [0.4, 0.5) is 0 Å². The van der Waals surface area contributed by atoms with E-state index in [1.54, 1.807) is 12.4 Å². The van der Waals surface area contributed by atoms with Gasteiger partial charge in [-0.2, -0.15) is 0 Å². The number of hydrogen-bond acceptors (Lipinski definition) is 4. The third-order valence-corrected chi connectivity index (χ3v) is 6.50. The van der Waals surface area contributed by atoms with Crippen LogP contribution in [-0.4, -0.2) is 48.0 Å². The van der Waals surface area contributed by atoms with Crippen molar-refractivity contribution >= 4 is 11.8 Å². The molecule has 6 nitrogen and oxygen atoms in total. The lowest BCUT2D eigenvalue weighted by molar-refractivity contribution is -0.150. The molecule has 3 heterocycles. The van der Waals surface area contributed by atoms with Crippen LogP contribution in [0.25, 0.3) is 11.1 Å². The average Bonchev–Trinajstić information content (AvgIpc) is 2.80. The molecule has 2 saturated heterocycles. The van der Waals surface area contributed by atoms with Crippen molar-refractivity contribution < 1.29 is 14.3 Å². The lowest BCUT2D eigenvalue weighted by atomic mass is 9.73. The summed E-state index contributed by atoms with van der Waals surface area (Å²) in [6.45, 7) is 2.31. The van der Waals surface area contributed by atoms with E-state index in [0.717, 1.165) is 29.5 Å². The highest BCUT2D eigenvalue weighted by atomic mass is 16.5. The molecule has 0 bridgehead atoms. The summed E-state index contributed by atoms with van der Waals surface area (Å²) in [5.74, 6) is -0.403. The molecule has 1 unspecified atom stereocenters. The first-order valence-electron chi connectivity index (χ1n) is 10.7. The fourth-order valence-electron chi connectivity index (χ4n) is 4.75. The van der Waals surface area contributed by atoms with Crippen LogP contribution < -0.4 is 5.73 Å². The number of nitrogens with zero attached hydrogens (tertiary/aromatic N) is 2. The zero-order valence-electron chi connectivity index (χ0n) is 17.3. The highest BCUT2D eigenvalue weighted by Crippen LogP contribution is 2.38. The summed E-state index contributed by atoms with van der Waals surface area (Å²) in [6.07, 6.45) is 7.23. The van der Waals surface area contributed by atoms with Crippen molar-refractivity contribution in [2.24, 2.45) is 17.1 Å². The molecular weight excluding hydrogens is 378 g/mol. The summed E-state index contributed by atoms with van der Waals surface area (Å²) in [7, 11) is 0. The van der Waals surface area contributed by atoms with E-state index in [0.29, 0.717) is 45.6 Å². The second kappa shape index (κ2) is 8.96. The summed E-state index contributed by atoms with van der Waals surface area (Å²) in [6, 6.07) is 12.4. The van der Waals surface area contributed by atoms with Crippen molar-refractivity contribution in [3.8, 4) is 11.1 Å². The minimum Gasteiger partial charge on any atom is -0.381 e. The van der Waals surface area contributed by atoms with E-state index >= 15 is 0 Å². The summed E-state index contributed by atoms with van der Waals surface area (Å²) >= 11 is 0. The number of amides is 2. The van der Waals surface area contributed by atoms with E-state index in [1.165, 1.54) is 0 Å². The summed E-state index contributed by atoms with van der Waals surface area (Å²) in [4.78, 5) is 31.4. The molecule has 2 amide bonds. The maximum atomic E-state index is 13.7. The van der Waals surface area contributed by atoms with Gasteiger partial charge in [-0.1, -0.05) is 24.3 Å². The second-order valence-electron chi connectivity index (χ2n) is 8.50. The van der Waals surface area contributed by atoms with E-state index in [2.05, 4.69) is 23.2 Å². The molecule has 0 spiro atoms. The molecule has 2 aliphatic rings. The largest absolute Gasteiger partial charge is 0.381 e. The SMILES string of the molecule is NC(=O)C1CCCN(C(=O)C2(Cc3cccc(-c4ccncc4)c3)CCOCC2)C1. The normalized spacial score (nSPS) is 21.2. The highest BCUT2D eigenvalue weighted by Gasteiger charge is 2.44. The third kappa shape index (κ3) is 4.38. The van der Waals surface area contributed by atoms with Gasteiger partial charge in [0.05, 0.1) is 11.3 Å². The summed E-state index contributed by atoms with van der Waals surface area (Å²) in [5.41, 5.74) is 8.42. The van der Waals surface area contributed by atoms with Crippen molar-refractivity contribution in [2.45, 2.75) is 32.1 Å². The van der Waals surface area contributed by atoms with Crippen molar-refractivity contribution in [3.05, 3.63) is 54.4 Å². The number of piperidine rings is 1. The Morgan fingerprint density at radius 1 is 1.13 bits per heavy atom. The summed E-state index contributed by atoms with van der Waals surface area (Å²) < 4.78 is 5.60. The van der Waals surface area contributed by atoms with Gasteiger partial charge in [0.1, 0.15) is 0 Å². The quantitative estimate of drug-likeness (QED) is 0.826. The fourth-order valence-corrected chi connectivity index (χ4v) is 4.75. The highest BCUT2D eigenvalue weighted by molar-refractivity contribution is 5.85. The predicted molar refractivity (Wildman–Crippen MR) is 114 cm³/mol. The maximum Gasteiger partial charge on any atom is 0.229 e. The lowest BCUT2D eigenvalue weighted by Gasteiger charge is -2.42. The number of carbonyl (C=O) groups is 2. The number of nitrogens with two attached hydrogens (primary N) is 1. The van der Waals surface area contributed by atoms with Crippen LogP contribution in [-0.2, 0) is 20.7 Å². The van der Waals surface area contributed by atoms with Crippen molar-refractivity contribution in [1.82, 2.24) is 9.88 Å². The minimum atomic E-state index is -0.491. The zero-order valence-corrected chi connectivity index (χ0v) is 17.3. The van der Waals surface area contributed by atoms with Gasteiger partial charge in [-0.25, -0.2) is 0 Å². The summed E-state index contributed by atoms with van der Waals surface area (Å²) in [5, 5.41) is 0. The van der Waals surface area contributed by atoms with Gasteiger partial charge in [-0.3, -0.25) is 14.6 Å². The van der Waals surface area contributed by atoms with Gasteiger partial charge in [0.25, 0.3) is 0 Å². The molecule has 0 radical (unpaired) electrons. The number of carbonyl (C=O) groups excluding carboxylic acids is 2. The Morgan fingerprint density at radius 2 is 1.90 bits per heavy atom. The van der Waals surface area contributed by atoms with Crippen LogP contribution in [0, 0.1) is 11.3 Å². The lowest BCUT2D eigenvalue weighted by Crippen LogP contribution is -2.52. The van der Waals surface area contributed by atoms with Crippen molar-refractivity contribution in [3.63, 3.8) is 0 Å². The van der Waals surface area contributed by atoms with E-state index in [9.17, 15) is 9.59 Å². The molecule has 158 valence electrons. The Morgan fingerprint density at radius 3 is 2.63 bits per heavy atom. The number of ether oxygens (including phenoxy) is 1. The average molecular weight is 408 g/mol. The Kier molecular flexibility index (Phi) is 6.13. The molecule has 0 aliphatic carbocycles. The smallest absolute Gasteiger partial charge is 0.229 e. The first-order valence-corrected chi connectivity index (χ1v) is 10.7. The monoisotopic (exact) mass is 407 g/mol. The molecule has 2 aromatic rings. The molecule has 0 saturated carbocycles. The molecule has 1 aromatic heterocycles. The van der Waals surface area contributed by atoms with E-state index in [1.807, 2.05) is 23.1 Å². The van der Waals surface area contributed by atoms with Gasteiger partial charge in [0.2, 0.25) is 11.8 Å². The van der Waals surface area contributed by atoms with E-state index in [-0.39, 0.29) is 17.7 Å². The molecule has 1 atom stereocenters. The van der Waals surface area contributed by atoms with Crippen LogP contribution in [0.5, 0.6) is 0 Å². The fraction of sp³-hybridized carbons (Fsp3) is 0.458. The molecule has 4 rings (SSSR count). The van der Waals surface area contributed by atoms with Gasteiger partial charge in [-0.05, 0) is 60.9 Å². The van der Waals surface area contributed by atoms with Crippen LogP contribution in [0.2, 0.25) is 0 Å². The molecule has 6 heteroatoms. The number of rotatable bonds is 5. The van der Waals surface area contributed by atoms with Crippen molar-refractivity contribution in [1.29, 1.82) is 0 Å². The van der Waals surface area contributed by atoms with Crippen LogP contribution in [0.15, 0.2) is 48.8 Å². The van der Waals surface area contributed by atoms with Crippen LogP contribution in [0.1, 0.15) is 31.2 Å². The van der Waals surface area contributed by atoms with Gasteiger partial charge in [-0.15, -0.1) is 0 Å². The standard InChI is InChI=1S/C24H29N3O3/c25-22(28)21-5-2-12-27(17-21)23(29)24(8-13-30-14-9-24)16-18-3-1-4-20(15-18)19-6-10-26-11-7-19/h1,3-4,6-7,10-11,15,21H,2,5,8-9,12-14,16-17H2,(H2,25,28). The van der Waals surface area contributed by atoms with Gasteiger partial charge < -0.3 is 15.4 Å². The van der Waals surface area contributed by atoms with Crippen molar-refractivity contribution in [2.75, 3.05) is 26.3 Å². The number of primary amides is 1. The Balaban J connectivity index is 1.58. The molecule has 2 fully saturated rings. The zero-order chi connectivity index (χ0) is 21.0. The van der Waals surface area contributed by atoms with Gasteiger partial charge in [0.15, 0.2) is 0 Å². The van der Waals surface area contributed by atoms with Crippen LogP contribution in [0.3, 0.4) is 0 Å². The first-order chi connectivity index (χ1) is 14.6. The van der Waals surface area contributed by atoms with Gasteiger partial charge >= 0.3 is 0 Å². The third-order valence-electron chi connectivity index (χ3n) is 6.50. The van der Waals surface area contributed by atoms with E-state index in [4.69, 9.17) is 10.5 Å². The number of benzene rings is 1. The topological polar surface area (TPSA) is 85.5 Å². The Bertz CT molecular complexity index is 894. The maximum absolute atomic E-state index is 13.7.